The van der Waals surface area contributed by atoms with Gasteiger partial charge >= 0.3 is 0 Å². The molecule has 0 bridgehead atoms. The summed E-state index contributed by atoms with van der Waals surface area (Å²) in [6.45, 7) is 0. The van der Waals surface area contributed by atoms with Gasteiger partial charge in [-0.15, -0.1) is 0 Å². The van der Waals surface area contributed by atoms with Gasteiger partial charge in [0.2, 0.25) is 0 Å². The molecule has 18 heavy (non-hydrogen) atoms. The van der Waals surface area contributed by atoms with Crippen molar-refractivity contribution in [3.05, 3.63) is 70.9 Å². The molecule has 0 aliphatic heterocycles. The Morgan fingerprint density at radius 2 is 1.67 bits per heavy atom. The molecule has 1 unspecified atom stereocenters. The molecule has 0 heterocycles. The summed E-state index contributed by atoms with van der Waals surface area (Å²) in [4.78, 5) is 12.0. The van der Waals surface area contributed by atoms with E-state index in [1.165, 1.54) is 6.07 Å². The fourth-order valence-electron chi connectivity index (χ4n) is 1.78. The fourth-order valence-corrected chi connectivity index (χ4v) is 1.78. The van der Waals surface area contributed by atoms with E-state index in [1.807, 2.05) is 6.07 Å². The summed E-state index contributed by atoms with van der Waals surface area (Å²) in [7, 11) is 0. The van der Waals surface area contributed by atoms with Crippen molar-refractivity contribution in [3.63, 3.8) is 0 Å². The molecule has 4 heteroatoms. The van der Waals surface area contributed by atoms with Gasteiger partial charge in [0.15, 0.2) is 11.5 Å². The molecule has 0 amide bonds. The number of benzene rings is 2. The van der Waals surface area contributed by atoms with Crippen molar-refractivity contribution >= 4 is 11.5 Å². The number of carbonyl (C=O) groups excluding carboxylic acids is 1. The van der Waals surface area contributed by atoms with Crippen molar-refractivity contribution in [2.24, 2.45) is 0 Å². The lowest BCUT2D eigenvalue weighted by Gasteiger charge is -2.15. The van der Waals surface area contributed by atoms with Crippen LogP contribution in [0.4, 0.5) is 5.69 Å². The minimum Gasteiger partial charge on any atom is -0.595 e. The van der Waals surface area contributed by atoms with Crippen LogP contribution in [0.25, 0.3) is 0 Å². The molecule has 0 aliphatic rings. The van der Waals surface area contributed by atoms with Gasteiger partial charge in [0.05, 0.1) is 0 Å². The summed E-state index contributed by atoms with van der Waals surface area (Å²) in [5.74, 6) is -0.0794. The van der Waals surface area contributed by atoms with E-state index in [0.29, 0.717) is 11.1 Å². The molecule has 4 nitrogen and oxygen atoms in total. The van der Waals surface area contributed by atoms with E-state index in [-0.39, 0.29) is 17.9 Å². The Labute approximate surface area is 105 Å². The molecule has 2 N–H and O–H groups in total. The molecular formula is C14H13NO3. The average Bonchev–Trinajstić information content (AvgIpc) is 2.40. The minimum absolute atomic E-state index is 0.0794. The summed E-state index contributed by atoms with van der Waals surface area (Å²) < 4.78 is 0. The van der Waals surface area contributed by atoms with Crippen LogP contribution in [-0.4, -0.2) is 11.0 Å². The zero-order valence-electron chi connectivity index (χ0n) is 9.67. The Morgan fingerprint density at radius 1 is 1.06 bits per heavy atom. The summed E-state index contributed by atoms with van der Waals surface area (Å²) in [5, 5.41) is 19.1. The summed E-state index contributed by atoms with van der Waals surface area (Å²) >= 11 is 0. The first-order valence-electron chi connectivity index (χ1n) is 5.58. The monoisotopic (exact) mass is 243 g/mol. The maximum Gasteiger partial charge on any atom is 0.167 e. The van der Waals surface area contributed by atoms with Crippen molar-refractivity contribution in [1.82, 2.24) is 0 Å². The van der Waals surface area contributed by atoms with Crippen LogP contribution in [0.2, 0.25) is 0 Å². The SMILES string of the molecule is O=C(Cc1ccccc1[NH+]([O-])O)c1ccccc1. The second-order valence-electron chi connectivity index (χ2n) is 3.93. The molecule has 2 rings (SSSR count). The predicted molar refractivity (Wildman–Crippen MR) is 66.7 cm³/mol. The van der Waals surface area contributed by atoms with Gasteiger partial charge in [0.1, 0.15) is 0 Å². The van der Waals surface area contributed by atoms with Gasteiger partial charge in [-0.3, -0.25) is 4.79 Å². The minimum atomic E-state index is -1.01. The highest BCUT2D eigenvalue weighted by Crippen LogP contribution is 2.13. The molecule has 1 atom stereocenters. The van der Waals surface area contributed by atoms with Crippen LogP contribution >= 0.6 is 0 Å². The van der Waals surface area contributed by atoms with E-state index in [4.69, 9.17) is 5.21 Å². The summed E-state index contributed by atoms with van der Waals surface area (Å²) in [6, 6.07) is 15.4. The number of rotatable bonds is 4. The number of hydrogen-bond donors (Lipinski definition) is 2. The predicted octanol–water partition coefficient (Wildman–Crippen LogP) is 1.52. The van der Waals surface area contributed by atoms with Crippen molar-refractivity contribution in [3.8, 4) is 0 Å². The van der Waals surface area contributed by atoms with E-state index in [0.717, 1.165) is 0 Å². The molecule has 0 saturated carbocycles. The second-order valence-corrected chi connectivity index (χ2v) is 3.93. The number of para-hydroxylation sites is 1. The van der Waals surface area contributed by atoms with Crippen LogP contribution in [0, 0.1) is 5.21 Å². The number of hydrogen-bond acceptors (Lipinski definition) is 3. The van der Waals surface area contributed by atoms with Gasteiger partial charge in [0, 0.05) is 23.6 Å². The van der Waals surface area contributed by atoms with Crippen LogP contribution in [0.1, 0.15) is 15.9 Å². The van der Waals surface area contributed by atoms with Gasteiger partial charge in [0.25, 0.3) is 0 Å². The van der Waals surface area contributed by atoms with E-state index in [1.54, 1.807) is 42.5 Å². The van der Waals surface area contributed by atoms with Gasteiger partial charge in [-0.2, -0.15) is 5.23 Å². The molecule has 0 fully saturated rings. The summed E-state index contributed by atoms with van der Waals surface area (Å²) in [5.41, 5.74) is 1.32. The topological polar surface area (TPSA) is 64.8 Å². The summed E-state index contributed by atoms with van der Waals surface area (Å²) in [6.07, 6.45) is 0.104. The van der Waals surface area contributed by atoms with Crippen molar-refractivity contribution in [2.75, 3.05) is 0 Å². The Morgan fingerprint density at radius 3 is 2.33 bits per heavy atom. The average molecular weight is 243 g/mol. The molecule has 0 radical (unpaired) electrons. The van der Waals surface area contributed by atoms with Crippen LogP contribution in [0.3, 0.4) is 0 Å². The first kappa shape index (κ1) is 12.4. The van der Waals surface area contributed by atoms with Crippen molar-refractivity contribution in [1.29, 1.82) is 0 Å². The van der Waals surface area contributed by atoms with Crippen LogP contribution in [0.15, 0.2) is 54.6 Å². The zero-order valence-corrected chi connectivity index (χ0v) is 9.67. The van der Waals surface area contributed by atoms with Gasteiger partial charge in [-0.25, -0.2) is 5.21 Å². The molecule has 2 aromatic rings. The fraction of sp³-hybridized carbons (Fsp3) is 0.0714. The van der Waals surface area contributed by atoms with E-state index < -0.39 is 5.23 Å². The lowest BCUT2D eigenvalue weighted by atomic mass is 10.0. The normalized spacial score (nSPS) is 12.1. The molecule has 0 saturated heterocycles. The van der Waals surface area contributed by atoms with Gasteiger partial charge in [-0.1, -0.05) is 48.5 Å². The molecular weight excluding hydrogens is 230 g/mol. The van der Waals surface area contributed by atoms with Gasteiger partial charge in [-0.05, 0) is 0 Å². The van der Waals surface area contributed by atoms with E-state index in [2.05, 4.69) is 0 Å². The highest BCUT2D eigenvalue weighted by atomic mass is 16.8. The molecule has 0 aromatic heterocycles. The first-order chi connectivity index (χ1) is 8.68. The van der Waals surface area contributed by atoms with Crippen LogP contribution in [-0.2, 0) is 6.42 Å². The number of ketones is 1. The third-order valence-corrected chi connectivity index (χ3v) is 2.69. The Kier molecular flexibility index (Phi) is 3.84. The molecule has 0 aliphatic carbocycles. The lowest BCUT2D eigenvalue weighted by molar-refractivity contribution is -0.991. The van der Waals surface area contributed by atoms with Gasteiger partial charge < -0.3 is 5.21 Å². The quantitative estimate of drug-likeness (QED) is 0.632. The number of carbonyl (C=O) groups is 1. The molecule has 2 aromatic carbocycles. The van der Waals surface area contributed by atoms with Crippen molar-refractivity contribution in [2.45, 2.75) is 6.42 Å². The third-order valence-electron chi connectivity index (χ3n) is 2.69. The van der Waals surface area contributed by atoms with Crippen LogP contribution in [0.5, 0.6) is 0 Å². The largest absolute Gasteiger partial charge is 0.595 e. The number of nitrogens with one attached hydrogen (secondary N) is 1. The van der Waals surface area contributed by atoms with E-state index in [9.17, 15) is 10.0 Å². The smallest absolute Gasteiger partial charge is 0.167 e. The maximum atomic E-state index is 12.0. The molecule has 0 spiro atoms. The van der Waals surface area contributed by atoms with Crippen LogP contribution < -0.4 is 5.23 Å². The zero-order chi connectivity index (χ0) is 13.0. The van der Waals surface area contributed by atoms with Crippen molar-refractivity contribution < 1.29 is 15.2 Å². The highest BCUT2D eigenvalue weighted by molar-refractivity contribution is 5.97. The number of Topliss-reactive ketones (excluding diaryl/α,β-unsaturated/α-hetero) is 1. The first-order valence-corrected chi connectivity index (χ1v) is 5.58. The Balaban J connectivity index is 2.22. The molecule has 92 valence electrons. The standard InChI is InChI=1S/C14H13NO3/c16-14(11-6-2-1-3-7-11)10-12-8-4-5-9-13(12)15(17)18/h1-9,15,17H,10H2. The van der Waals surface area contributed by atoms with E-state index >= 15 is 0 Å². The Hall–Kier alpha value is -2.01. The second kappa shape index (κ2) is 5.55. The third kappa shape index (κ3) is 2.81. The lowest BCUT2D eigenvalue weighted by Crippen LogP contribution is -2.99. The number of quaternary nitrogens is 1. The maximum absolute atomic E-state index is 12.0. The highest BCUT2D eigenvalue weighted by Gasteiger charge is 2.13. The Bertz CT molecular complexity index is 538.